The number of rotatable bonds is 8. The first-order chi connectivity index (χ1) is 20.1. The second-order valence-electron chi connectivity index (χ2n) is 12.4. The molecular formula is C32H40F2N4O4. The van der Waals surface area contributed by atoms with Gasteiger partial charge in [0.15, 0.2) is 6.29 Å². The monoisotopic (exact) mass is 582 g/mol. The topological polar surface area (TPSA) is 69.1 Å². The Kier molecular flexibility index (Phi) is 8.08. The molecule has 4 heterocycles. The fourth-order valence-electron chi connectivity index (χ4n) is 6.65. The second kappa shape index (κ2) is 11.6. The highest BCUT2D eigenvalue weighted by Crippen LogP contribution is 2.40. The predicted octanol–water partition coefficient (Wildman–Crippen LogP) is 4.91. The molecule has 2 atom stereocenters. The summed E-state index contributed by atoms with van der Waals surface area (Å²) in [5.41, 5.74) is 2.50. The maximum Gasteiger partial charge on any atom is 0.254 e. The molecule has 10 heteroatoms. The number of fused-ring (bicyclic) bond motifs is 1. The lowest BCUT2D eigenvalue weighted by molar-refractivity contribution is -0.0651. The standard InChI is InChI=1S/C32H40F2N4O4/c1-20-19-40-10-9-38(20)31(39)26-15-23(33)5-6-24(26)25-13-21(14-28-27(25)16-35-36(28)4)22-17-37(18-22)29(32(2,3)34)7-8-30-41-11-12-42-30/h5-6,13-16,20,22,29-30H,7-12,17-19H2,1-4H3/t20-,29?/m1/s1. The molecule has 1 unspecified atom stereocenters. The number of likely N-dealkylation sites (tertiary alicyclic amines) is 1. The van der Waals surface area contributed by atoms with E-state index in [1.165, 1.54) is 12.1 Å². The molecule has 0 N–H and O–H groups in total. The Labute approximate surface area is 245 Å². The van der Waals surface area contributed by atoms with Gasteiger partial charge in [-0.15, -0.1) is 0 Å². The minimum atomic E-state index is -1.37. The molecule has 8 nitrogen and oxygen atoms in total. The van der Waals surface area contributed by atoms with Crippen molar-refractivity contribution >= 4 is 16.8 Å². The van der Waals surface area contributed by atoms with Crippen molar-refractivity contribution < 1.29 is 27.8 Å². The molecule has 0 bridgehead atoms. The van der Waals surface area contributed by atoms with Crippen LogP contribution >= 0.6 is 0 Å². The van der Waals surface area contributed by atoms with Crippen molar-refractivity contribution in [2.45, 2.75) is 63.6 Å². The number of carbonyl (C=O) groups is 1. The Balaban J connectivity index is 1.30. The number of aromatic nitrogens is 2. The van der Waals surface area contributed by atoms with Gasteiger partial charge in [0.25, 0.3) is 5.91 Å². The summed E-state index contributed by atoms with van der Waals surface area (Å²) in [7, 11) is 1.89. The summed E-state index contributed by atoms with van der Waals surface area (Å²) in [5.74, 6) is -0.476. The average molecular weight is 583 g/mol. The van der Waals surface area contributed by atoms with Crippen LogP contribution in [-0.4, -0.2) is 95.6 Å². The summed E-state index contributed by atoms with van der Waals surface area (Å²) >= 11 is 0. The van der Waals surface area contributed by atoms with Gasteiger partial charge in [-0.2, -0.15) is 5.10 Å². The highest BCUT2D eigenvalue weighted by molar-refractivity contribution is 6.05. The third-order valence-electron chi connectivity index (χ3n) is 9.00. The minimum Gasteiger partial charge on any atom is -0.377 e. The number of aryl methyl sites for hydroxylation is 1. The number of halogens is 2. The van der Waals surface area contributed by atoms with Crippen molar-refractivity contribution in [2.24, 2.45) is 7.05 Å². The van der Waals surface area contributed by atoms with Crippen LogP contribution in [0.15, 0.2) is 36.5 Å². The largest absolute Gasteiger partial charge is 0.377 e. The van der Waals surface area contributed by atoms with Crippen molar-refractivity contribution in [1.82, 2.24) is 19.6 Å². The van der Waals surface area contributed by atoms with Gasteiger partial charge in [0.2, 0.25) is 0 Å². The van der Waals surface area contributed by atoms with Crippen molar-refractivity contribution in [2.75, 3.05) is 46.1 Å². The number of ether oxygens (including phenoxy) is 3. The Morgan fingerprint density at radius 1 is 1.12 bits per heavy atom. The Bertz CT molecular complexity index is 1440. The Morgan fingerprint density at radius 2 is 1.88 bits per heavy atom. The number of amides is 1. The summed E-state index contributed by atoms with van der Waals surface area (Å²) in [4.78, 5) is 17.7. The summed E-state index contributed by atoms with van der Waals surface area (Å²) in [6.07, 6.45) is 2.85. The molecular weight excluding hydrogens is 542 g/mol. The van der Waals surface area contributed by atoms with E-state index in [0.29, 0.717) is 70.0 Å². The SMILES string of the molecule is C[C@@H]1COCCN1C(=O)c1cc(F)ccc1-c1cc(C2CN(C(CCC3OCCO3)C(C)(C)F)C2)cc2c1cnn2C. The number of hydrogen-bond acceptors (Lipinski definition) is 6. The highest BCUT2D eigenvalue weighted by atomic mass is 19.1. The van der Waals surface area contributed by atoms with Gasteiger partial charge < -0.3 is 19.1 Å². The van der Waals surface area contributed by atoms with Crippen molar-refractivity contribution in [3.8, 4) is 11.1 Å². The molecule has 3 aliphatic rings. The molecule has 226 valence electrons. The van der Waals surface area contributed by atoms with E-state index in [9.17, 15) is 9.18 Å². The lowest BCUT2D eigenvalue weighted by atomic mass is 9.83. The van der Waals surface area contributed by atoms with Gasteiger partial charge in [-0.25, -0.2) is 8.78 Å². The minimum absolute atomic E-state index is 0.104. The smallest absolute Gasteiger partial charge is 0.254 e. The summed E-state index contributed by atoms with van der Waals surface area (Å²) in [6, 6.07) is 8.33. The molecule has 3 aliphatic heterocycles. The van der Waals surface area contributed by atoms with Crippen molar-refractivity contribution in [3.05, 3.63) is 53.5 Å². The van der Waals surface area contributed by atoms with Gasteiger partial charge in [0.1, 0.15) is 11.5 Å². The van der Waals surface area contributed by atoms with E-state index in [0.717, 1.165) is 22.0 Å². The molecule has 1 aromatic heterocycles. The zero-order valence-corrected chi connectivity index (χ0v) is 24.8. The van der Waals surface area contributed by atoms with E-state index < -0.39 is 11.5 Å². The third-order valence-corrected chi connectivity index (χ3v) is 9.00. The van der Waals surface area contributed by atoms with Crippen molar-refractivity contribution in [3.63, 3.8) is 0 Å². The first-order valence-electron chi connectivity index (χ1n) is 14.9. The van der Waals surface area contributed by atoms with Crippen LogP contribution in [-0.2, 0) is 21.3 Å². The van der Waals surface area contributed by atoms with E-state index in [2.05, 4.69) is 22.1 Å². The van der Waals surface area contributed by atoms with E-state index in [1.54, 1.807) is 31.0 Å². The van der Waals surface area contributed by atoms with Crippen LogP contribution in [0.4, 0.5) is 8.78 Å². The van der Waals surface area contributed by atoms with E-state index >= 15 is 4.39 Å². The molecule has 0 aliphatic carbocycles. The quantitative estimate of drug-likeness (QED) is 0.376. The van der Waals surface area contributed by atoms with E-state index in [-0.39, 0.29) is 30.2 Å². The van der Waals surface area contributed by atoms with E-state index in [4.69, 9.17) is 14.2 Å². The van der Waals surface area contributed by atoms with E-state index in [1.807, 2.05) is 18.7 Å². The summed E-state index contributed by atoms with van der Waals surface area (Å²) < 4.78 is 48.5. The zero-order chi connectivity index (χ0) is 29.6. The van der Waals surface area contributed by atoms with Crippen LogP contribution in [0.25, 0.3) is 22.0 Å². The Hall–Kier alpha value is -2.92. The molecule has 0 saturated carbocycles. The van der Waals surface area contributed by atoms with Gasteiger partial charge in [0.05, 0.1) is 49.7 Å². The number of alkyl halides is 1. The van der Waals surface area contributed by atoms with Crippen LogP contribution in [0.2, 0.25) is 0 Å². The number of hydrogen-bond donors (Lipinski definition) is 0. The molecule has 2 aromatic carbocycles. The number of nitrogens with zero attached hydrogens (tertiary/aromatic N) is 4. The molecule has 6 rings (SSSR count). The van der Waals surface area contributed by atoms with Crippen LogP contribution in [0.3, 0.4) is 0 Å². The maximum absolute atomic E-state index is 15.4. The summed E-state index contributed by atoms with van der Waals surface area (Å²) in [6.45, 7) is 9.21. The van der Waals surface area contributed by atoms with Gasteiger partial charge in [-0.3, -0.25) is 14.4 Å². The van der Waals surface area contributed by atoms with Gasteiger partial charge in [-0.1, -0.05) is 6.07 Å². The molecule has 3 fully saturated rings. The second-order valence-corrected chi connectivity index (χ2v) is 12.4. The molecule has 42 heavy (non-hydrogen) atoms. The average Bonchev–Trinajstić information content (AvgIpc) is 3.58. The lowest BCUT2D eigenvalue weighted by Gasteiger charge is -2.48. The predicted molar refractivity (Wildman–Crippen MR) is 156 cm³/mol. The van der Waals surface area contributed by atoms with Gasteiger partial charge >= 0.3 is 0 Å². The first kappa shape index (κ1) is 29.2. The van der Waals surface area contributed by atoms with Crippen LogP contribution in [0.5, 0.6) is 0 Å². The zero-order valence-electron chi connectivity index (χ0n) is 24.8. The van der Waals surface area contributed by atoms with Gasteiger partial charge in [-0.05, 0) is 74.6 Å². The molecule has 0 radical (unpaired) electrons. The molecule has 3 aromatic rings. The first-order valence-corrected chi connectivity index (χ1v) is 14.9. The molecule has 1 amide bonds. The number of carbonyl (C=O) groups excluding carboxylic acids is 1. The van der Waals surface area contributed by atoms with Crippen LogP contribution < -0.4 is 0 Å². The normalized spacial score (nSPS) is 21.7. The fourth-order valence-corrected chi connectivity index (χ4v) is 6.65. The maximum atomic E-state index is 15.4. The fraction of sp³-hybridized carbons (Fsp3) is 0.562. The third kappa shape index (κ3) is 5.69. The molecule has 0 spiro atoms. The Morgan fingerprint density at radius 3 is 2.60 bits per heavy atom. The van der Waals surface area contributed by atoms with Crippen LogP contribution in [0, 0.1) is 5.82 Å². The van der Waals surface area contributed by atoms with Crippen LogP contribution in [0.1, 0.15) is 55.5 Å². The molecule has 3 saturated heterocycles. The number of benzene rings is 2. The number of morpholine rings is 1. The lowest BCUT2D eigenvalue weighted by Crippen LogP contribution is -2.57. The van der Waals surface area contributed by atoms with Crippen molar-refractivity contribution in [1.29, 1.82) is 0 Å². The summed E-state index contributed by atoms with van der Waals surface area (Å²) in [5, 5.41) is 5.40. The van der Waals surface area contributed by atoms with Gasteiger partial charge in [0, 0.05) is 44.0 Å². The highest BCUT2D eigenvalue weighted by Gasteiger charge is 2.42.